The van der Waals surface area contributed by atoms with Gasteiger partial charge in [-0.05, 0) is 98.7 Å². The van der Waals surface area contributed by atoms with Crippen LogP contribution in [0.3, 0.4) is 0 Å². The Hall–Kier alpha value is -2.57. The molecule has 4 saturated carbocycles. The van der Waals surface area contributed by atoms with Gasteiger partial charge in [-0.15, -0.1) is 0 Å². The van der Waals surface area contributed by atoms with Gasteiger partial charge in [0.05, 0.1) is 29.6 Å². The van der Waals surface area contributed by atoms with Crippen molar-refractivity contribution in [3.05, 3.63) is 42.0 Å². The molecule has 0 aromatic heterocycles. The molecule has 4 aliphatic carbocycles. The lowest BCUT2D eigenvalue weighted by Gasteiger charge is -2.62. The summed E-state index contributed by atoms with van der Waals surface area (Å²) in [6, 6.07) is 5.43. The zero-order valence-corrected chi connectivity index (χ0v) is 35.0. The van der Waals surface area contributed by atoms with E-state index in [1.807, 2.05) is 6.92 Å². The van der Waals surface area contributed by atoms with Crippen LogP contribution >= 0.6 is 0 Å². The van der Waals surface area contributed by atoms with Gasteiger partial charge in [-0.25, -0.2) is 8.37 Å². The number of ether oxygens (including phenoxy) is 3. The first-order chi connectivity index (χ1) is 26.8. The van der Waals surface area contributed by atoms with Crippen LogP contribution in [0.1, 0.15) is 77.7 Å². The summed E-state index contributed by atoms with van der Waals surface area (Å²) in [4.78, 5) is 25.9. The number of fused-ring (bicyclic) bond motifs is 3. The molecule has 1 aliphatic heterocycles. The zero-order valence-electron chi connectivity index (χ0n) is 32.5. The Bertz CT molecular complexity index is 2070. The van der Waals surface area contributed by atoms with E-state index in [-0.39, 0.29) is 47.8 Å². The summed E-state index contributed by atoms with van der Waals surface area (Å²) in [5, 5.41) is 22.2. The first-order valence-corrected chi connectivity index (χ1v) is 23.3. The van der Waals surface area contributed by atoms with Crippen LogP contribution in [0.25, 0.3) is 0 Å². The highest BCUT2D eigenvalue weighted by molar-refractivity contribution is 7.86. The number of aliphatic carboxylic acids is 1. The fourth-order valence-corrected chi connectivity index (χ4v) is 12.7. The number of carboxylic acid groups (broad SMARTS) is 1. The molecule has 1 saturated heterocycles. The molecule has 326 valence electrons. The van der Waals surface area contributed by atoms with Gasteiger partial charge in [0.2, 0.25) is 0 Å². The molecule has 21 heteroatoms. The van der Waals surface area contributed by atoms with Crippen LogP contribution in [0.4, 0.5) is 0 Å². The average Bonchev–Trinajstić information content (AvgIpc) is 3.27. The minimum atomic E-state index is -5.58. The molecule has 0 radical (unpaired) electrons. The van der Waals surface area contributed by atoms with Crippen molar-refractivity contribution in [3.63, 3.8) is 0 Å². The molecule has 2 bridgehead atoms. The first kappa shape index (κ1) is 45.0. The summed E-state index contributed by atoms with van der Waals surface area (Å²) in [6.07, 6.45) is -9.52. The Morgan fingerprint density at radius 1 is 0.948 bits per heavy atom. The summed E-state index contributed by atoms with van der Waals surface area (Å²) in [6.45, 7) is 10.1. The number of aliphatic hydroxyl groups excluding tert-OH is 1. The summed E-state index contributed by atoms with van der Waals surface area (Å²) >= 11 is 0. The third-order valence-corrected chi connectivity index (χ3v) is 15.2. The molecule has 1 aromatic carbocycles. The van der Waals surface area contributed by atoms with Gasteiger partial charge in [-0.3, -0.25) is 22.9 Å². The molecular formula is C37H52O18S3. The van der Waals surface area contributed by atoms with E-state index in [0.717, 1.165) is 12.0 Å². The van der Waals surface area contributed by atoms with Crippen LogP contribution in [0.2, 0.25) is 0 Å². The lowest BCUT2D eigenvalue weighted by atomic mass is 9.43. The van der Waals surface area contributed by atoms with Crippen LogP contribution < -0.4 is 0 Å². The van der Waals surface area contributed by atoms with E-state index in [4.69, 9.17) is 26.8 Å². The maximum Gasteiger partial charge on any atom is 0.397 e. The molecule has 6 rings (SSSR count). The predicted molar refractivity (Wildman–Crippen MR) is 200 cm³/mol. The van der Waals surface area contributed by atoms with E-state index in [0.29, 0.717) is 31.2 Å². The van der Waals surface area contributed by atoms with Gasteiger partial charge in [0, 0.05) is 11.8 Å². The van der Waals surface area contributed by atoms with E-state index in [9.17, 15) is 54.2 Å². The topological polar surface area (TPSA) is 273 Å². The van der Waals surface area contributed by atoms with Gasteiger partial charge in [-0.1, -0.05) is 45.0 Å². The monoisotopic (exact) mass is 880 g/mol. The molecule has 4 N–H and O–H groups in total. The highest BCUT2D eigenvalue weighted by Gasteiger charge is 2.67. The minimum Gasteiger partial charge on any atom is -0.481 e. The summed E-state index contributed by atoms with van der Waals surface area (Å²) < 4.78 is 128. The number of esters is 1. The third-order valence-electron chi connectivity index (χ3n) is 13.0. The summed E-state index contributed by atoms with van der Waals surface area (Å²) in [5.74, 6) is -3.72. The normalized spacial score (nSPS) is 37.9. The van der Waals surface area contributed by atoms with Crippen molar-refractivity contribution in [1.29, 1.82) is 0 Å². The zero-order chi connectivity index (χ0) is 42.7. The van der Waals surface area contributed by atoms with Crippen molar-refractivity contribution >= 4 is 42.9 Å². The number of hydrogen-bond donors (Lipinski definition) is 4. The lowest BCUT2D eigenvalue weighted by Crippen LogP contribution is -2.64. The summed E-state index contributed by atoms with van der Waals surface area (Å²) in [7, 11) is -15.7. The maximum atomic E-state index is 13.2. The van der Waals surface area contributed by atoms with Gasteiger partial charge < -0.3 is 24.4 Å². The Labute approximate surface area is 338 Å². The van der Waals surface area contributed by atoms with Crippen molar-refractivity contribution in [2.24, 2.45) is 40.4 Å². The quantitative estimate of drug-likeness (QED) is 0.0685. The number of aliphatic hydroxyl groups is 1. The molecule has 58 heavy (non-hydrogen) atoms. The van der Waals surface area contributed by atoms with Crippen LogP contribution in [0.15, 0.2) is 41.3 Å². The molecule has 18 nitrogen and oxygen atoms in total. The fourth-order valence-electron chi connectivity index (χ4n) is 10.7. The average molecular weight is 881 g/mol. The largest absolute Gasteiger partial charge is 0.481 e. The second kappa shape index (κ2) is 16.4. The molecule has 5 aliphatic rings. The van der Waals surface area contributed by atoms with Crippen LogP contribution in [0, 0.1) is 47.3 Å². The molecular weight excluding hydrogens is 829 g/mol. The van der Waals surface area contributed by atoms with Gasteiger partial charge >= 0.3 is 32.7 Å². The van der Waals surface area contributed by atoms with Gasteiger partial charge in [-0.2, -0.15) is 25.3 Å². The van der Waals surface area contributed by atoms with E-state index < -0.39 is 109 Å². The van der Waals surface area contributed by atoms with E-state index in [1.54, 1.807) is 20.8 Å². The number of carbonyl (C=O) groups excluding carboxylic acids is 1. The van der Waals surface area contributed by atoms with Crippen molar-refractivity contribution in [2.45, 2.75) is 127 Å². The highest BCUT2D eigenvalue weighted by Crippen LogP contribution is 2.70. The Morgan fingerprint density at radius 2 is 1.59 bits per heavy atom. The number of carboxylic acids is 1. The highest BCUT2D eigenvalue weighted by atomic mass is 32.3. The molecule has 1 spiro atoms. The number of rotatable bonds is 14. The Balaban J connectivity index is 1.39. The molecule has 0 amide bonds. The van der Waals surface area contributed by atoms with Gasteiger partial charge in [0.15, 0.2) is 18.5 Å². The Kier molecular flexibility index (Phi) is 12.7. The number of benzene rings is 1. The molecule has 1 heterocycles. The Morgan fingerprint density at radius 3 is 2.19 bits per heavy atom. The van der Waals surface area contributed by atoms with Crippen LogP contribution in [0.5, 0.6) is 0 Å². The molecule has 1 aromatic rings. The number of hydrogen-bond acceptors (Lipinski definition) is 15. The van der Waals surface area contributed by atoms with Crippen molar-refractivity contribution in [3.8, 4) is 0 Å². The smallest absolute Gasteiger partial charge is 0.397 e. The van der Waals surface area contributed by atoms with Crippen molar-refractivity contribution < 1.29 is 80.9 Å². The van der Waals surface area contributed by atoms with E-state index >= 15 is 0 Å². The number of carbonyl (C=O) groups is 2. The first-order valence-electron chi connectivity index (χ1n) is 19.2. The van der Waals surface area contributed by atoms with Crippen LogP contribution in [-0.2, 0) is 67.3 Å². The van der Waals surface area contributed by atoms with Crippen molar-refractivity contribution in [2.75, 3.05) is 6.61 Å². The second-order valence-electron chi connectivity index (χ2n) is 17.2. The molecule has 13 atom stereocenters. The minimum absolute atomic E-state index is 0.0997. The maximum absolute atomic E-state index is 13.2. The van der Waals surface area contributed by atoms with Crippen molar-refractivity contribution in [1.82, 2.24) is 0 Å². The molecule has 5 fully saturated rings. The number of aryl methyl sites for hydroxylation is 1. The van der Waals surface area contributed by atoms with Crippen LogP contribution in [-0.4, -0.2) is 106 Å². The predicted octanol–water partition coefficient (Wildman–Crippen LogP) is 3.39. The SMILES string of the molecule is C=C1C2CCC3C4(C)CC(OC5O[C@@H](COS(=O)(=O)c6ccc(C)cc6)[C@@H](OS(=O)(=O)O)C(OS(=O)(=O)O)C5OC(=O)CC(C)C)CC(C(=O)O)C4CCC3(C2)[C@H]1O. The van der Waals surface area contributed by atoms with E-state index in [1.165, 1.54) is 24.3 Å². The molecule has 10 unspecified atom stereocenters. The van der Waals surface area contributed by atoms with E-state index in [2.05, 4.69) is 6.58 Å². The van der Waals surface area contributed by atoms with Gasteiger partial charge in [0.1, 0.15) is 12.2 Å². The summed E-state index contributed by atoms with van der Waals surface area (Å²) in [5.41, 5.74) is 0.208. The fraction of sp³-hybridized carbons (Fsp3) is 0.730. The van der Waals surface area contributed by atoms with Gasteiger partial charge in [0.25, 0.3) is 10.1 Å². The standard InChI is InChI=1S/C37H52O18S3/c1-19(2)14-29(38)53-32-31(55-58(47,48)49)30(54-57(44,45)46)27(18-50-56(42,43)24-9-6-20(3)7-10-24)52-35(32)51-23-15-25(34(40)41)26-12-13-37-16-22(21(4)33(37)39)8-11-28(37)36(26,5)17-23/h6-7,9-10,19,22-23,25-28,30-33,35,39H,4,8,11-18H2,1-3,5H3,(H,40,41)(H,44,45,46)(H,47,48,49)/t22?,23?,25?,26?,27-,28?,30+,31?,32?,33-,35?,36?,37?/m0/s1. The third kappa shape index (κ3) is 9.19. The second-order valence-corrected chi connectivity index (χ2v) is 20.9. The lowest BCUT2D eigenvalue weighted by molar-refractivity contribution is -0.315.